The smallest absolute Gasteiger partial charge is 0.422 e. The van der Waals surface area contributed by atoms with E-state index in [-0.39, 0.29) is 17.4 Å². The van der Waals surface area contributed by atoms with Gasteiger partial charge in [-0.3, -0.25) is 0 Å². The fourth-order valence-electron chi connectivity index (χ4n) is 3.43. The van der Waals surface area contributed by atoms with E-state index in [0.717, 1.165) is 31.5 Å². The van der Waals surface area contributed by atoms with Gasteiger partial charge in [0.25, 0.3) is 0 Å². The van der Waals surface area contributed by atoms with Crippen LogP contribution >= 0.6 is 0 Å². The second-order valence-electron chi connectivity index (χ2n) is 6.73. The van der Waals surface area contributed by atoms with Crippen LogP contribution in [-0.2, 0) is 19.6 Å². The average Bonchev–Trinajstić information content (AvgIpc) is 3.02. The molecule has 1 aliphatic rings. The molecule has 1 N–H and O–H groups in total. The van der Waals surface area contributed by atoms with Gasteiger partial charge < -0.3 is 14.7 Å². The number of carboxylic acids is 1. The van der Waals surface area contributed by atoms with Crippen LogP contribution in [0.1, 0.15) is 31.2 Å². The maximum absolute atomic E-state index is 12.5. The number of hydrogen-bond acceptors (Lipinski definition) is 6. The van der Waals surface area contributed by atoms with E-state index in [1.807, 2.05) is 7.05 Å². The third-order valence-corrected chi connectivity index (χ3v) is 6.61. The van der Waals surface area contributed by atoms with Gasteiger partial charge in [-0.1, -0.05) is 0 Å². The van der Waals surface area contributed by atoms with Crippen molar-refractivity contribution in [2.75, 3.05) is 25.9 Å². The van der Waals surface area contributed by atoms with Gasteiger partial charge in [0.05, 0.1) is 11.3 Å². The number of hydrogen-bond donors (Lipinski definition) is 1. The van der Waals surface area contributed by atoms with Crippen molar-refractivity contribution in [2.45, 2.75) is 25.7 Å². The highest BCUT2D eigenvalue weighted by Crippen LogP contribution is 2.36. The van der Waals surface area contributed by atoms with Crippen LogP contribution in [0.2, 0.25) is 0 Å². The molecule has 0 amide bonds. The Bertz CT molecular complexity index is 987. The van der Waals surface area contributed by atoms with Gasteiger partial charge in [-0.2, -0.15) is 0 Å². The van der Waals surface area contributed by atoms with E-state index in [1.54, 1.807) is 25.3 Å². The lowest BCUT2D eigenvalue weighted by Gasteiger charge is -2.28. The zero-order valence-corrected chi connectivity index (χ0v) is 16.0. The van der Waals surface area contributed by atoms with E-state index in [9.17, 15) is 18.0 Å². The van der Waals surface area contributed by atoms with Crippen LogP contribution in [0, 0.1) is 0 Å². The van der Waals surface area contributed by atoms with E-state index in [4.69, 9.17) is 9.84 Å². The number of aromatic nitrogens is 1. The molecule has 0 atom stereocenters. The zero-order chi connectivity index (χ0) is 19.8. The van der Waals surface area contributed by atoms with Crippen molar-refractivity contribution in [1.29, 1.82) is 0 Å². The van der Waals surface area contributed by atoms with E-state index in [1.165, 1.54) is 10.0 Å². The van der Waals surface area contributed by atoms with Crippen molar-refractivity contribution in [1.82, 2.24) is 8.87 Å². The minimum Gasteiger partial charge on any atom is -0.473 e. The SMILES string of the molecule is CCS(=O)(=O)n1cc(C2CCN(C)CC2)c2cc(OC(=O)C(=O)O)ccc21. The molecular weight excluding hydrogens is 372 g/mol. The number of carbonyl (C=O) groups is 2. The van der Waals surface area contributed by atoms with Crippen molar-refractivity contribution in [3.8, 4) is 5.75 Å². The summed E-state index contributed by atoms with van der Waals surface area (Å²) in [7, 11) is -1.45. The first-order valence-corrected chi connectivity index (χ1v) is 10.4. The van der Waals surface area contributed by atoms with Crippen LogP contribution in [0.5, 0.6) is 5.75 Å². The first-order valence-electron chi connectivity index (χ1n) is 8.75. The van der Waals surface area contributed by atoms with E-state index < -0.39 is 22.0 Å². The number of likely N-dealkylation sites (tertiary alicyclic amines) is 1. The Kier molecular flexibility index (Phi) is 5.25. The van der Waals surface area contributed by atoms with Crippen LogP contribution in [-0.4, -0.2) is 60.2 Å². The first kappa shape index (κ1) is 19.4. The summed E-state index contributed by atoms with van der Waals surface area (Å²) in [4.78, 5) is 24.3. The van der Waals surface area contributed by atoms with Crippen LogP contribution in [0.3, 0.4) is 0 Å². The molecule has 0 bridgehead atoms. The molecule has 1 fully saturated rings. The number of nitrogens with zero attached hydrogens (tertiary/aromatic N) is 2. The number of benzene rings is 1. The maximum Gasteiger partial charge on any atom is 0.422 e. The summed E-state index contributed by atoms with van der Waals surface area (Å²) < 4.78 is 31.1. The molecule has 0 saturated carbocycles. The fraction of sp³-hybridized carbons (Fsp3) is 0.444. The van der Waals surface area contributed by atoms with Gasteiger partial charge in [0, 0.05) is 11.6 Å². The molecule has 27 heavy (non-hydrogen) atoms. The highest BCUT2D eigenvalue weighted by atomic mass is 32.2. The summed E-state index contributed by atoms with van der Waals surface area (Å²) in [6, 6.07) is 4.50. The minimum atomic E-state index is -3.50. The summed E-state index contributed by atoms with van der Waals surface area (Å²) in [6.45, 7) is 3.40. The van der Waals surface area contributed by atoms with Gasteiger partial charge in [-0.15, -0.1) is 0 Å². The van der Waals surface area contributed by atoms with Gasteiger partial charge in [0.2, 0.25) is 10.0 Å². The number of fused-ring (bicyclic) bond motifs is 1. The summed E-state index contributed by atoms with van der Waals surface area (Å²) in [5, 5.41) is 9.38. The highest BCUT2D eigenvalue weighted by Gasteiger charge is 2.26. The van der Waals surface area contributed by atoms with E-state index in [2.05, 4.69) is 4.90 Å². The highest BCUT2D eigenvalue weighted by molar-refractivity contribution is 7.90. The number of piperidine rings is 1. The average molecular weight is 394 g/mol. The number of ether oxygens (including phenoxy) is 1. The molecule has 0 spiro atoms. The molecule has 1 saturated heterocycles. The third-order valence-electron chi connectivity index (χ3n) is 4.98. The van der Waals surface area contributed by atoms with Crippen molar-refractivity contribution in [3.63, 3.8) is 0 Å². The number of carboxylic acid groups (broad SMARTS) is 1. The molecule has 1 aromatic heterocycles. The molecule has 8 nitrogen and oxygen atoms in total. The number of carbonyl (C=O) groups excluding carboxylic acids is 1. The molecule has 2 aromatic rings. The lowest BCUT2D eigenvalue weighted by Crippen LogP contribution is -2.29. The molecule has 0 aliphatic carbocycles. The molecular formula is C18H22N2O6S. The van der Waals surface area contributed by atoms with Gasteiger partial charge in [-0.05, 0) is 69.6 Å². The van der Waals surface area contributed by atoms with Gasteiger partial charge in [-0.25, -0.2) is 22.0 Å². The minimum absolute atomic E-state index is 0.0423. The van der Waals surface area contributed by atoms with Gasteiger partial charge in [0.15, 0.2) is 0 Å². The first-order chi connectivity index (χ1) is 12.7. The normalized spacial score (nSPS) is 16.5. The van der Waals surface area contributed by atoms with Crippen LogP contribution < -0.4 is 4.74 Å². The summed E-state index contributed by atoms with van der Waals surface area (Å²) in [5.74, 6) is -2.84. The lowest BCUT2D eigenvalue weighted by atomic mass is 9.89. The Labute approximate surface area is 157 Å². The predicted molar refractivity (Wildman–Crippen MR) is 99.5 cm³/mol. The standard InChI is InChI=1S/C18H22N2O6S/c1-3-27(24,25)20-11-15(12-6-8-19(2)9-7-12)14-10-13(4-5-16(14)20)26-18(23)17(21)22/h4-5,10-12H,3,6-9H2,1-2H3,(H,21,22). The second-order valence-corrected chi connectivity index (χ2v) is 8.87. The molecule has 146 valence electrons. The lowest BCUT2D eigenvalue weighted by molar-refractivity contribution is -0.158. The fourth-order valence-corrected chi connectivity index (χ4v) is 4.44. The molecule has 2 heterocycles. The zero-order valence-electron chi connectivity index (χ0n) is 15.2. The Hall–Kier alpha value is -2.39. The monoisotopic (exact) mass is 394 g/mol. The van der Waals surface area contributed by atoms with Crippen molar-refractivity contribution >= 4 is 32.9 Å². The Morgan fingerprint density at radius 3 is 2.52 bits per heavy atom. The molecule has 0 unspecified atom stereocenters. The number of rotatable bonds is 4. The van der Waals surface area contributed by atoms with Crippen molar-refractivity contribution in [3.05, 3.63) is 30.0 Å². The molecule has 1 aromatic carbocycles. The van der Waals surface area contributed by atoms with Crippen molar-refractivity contribution < 1.29 is 27.9 Å². The van der Waals surface area contributed by atoms with Crippen LogP contribution in [0.15, 0.2) is 24.4 Å². The number of aliphatic carboxylic acids is 1. The number of esters is 1. The van der Waals surface area contributed by atoms with Crippen LogP contribution in [0.4, 0.5) is 0 Å². The topological polar surface area (TPSA) is 106 Å². The molecule has 1 aliphatic heterocycles. The molecule has 3 rings (SSSR count). The van der Waals surface area contributed by atoms with Gasteiger partial charge in [0.1, 0.15) is 5.75 Å². The Balaban J connectivity index is 2.11. The van der Waals surface area contributed by atoms with Crippen molar-refractivity contribution in [2.24, 2.45) is 0 Å². The summed E-state index contributed by atoms with van der Waals surface area (Å²) >= 11 is 0. The summed E-state index contributed by atoms with van der Waals surface area (Å²) in [5.41, 5.74) is 1.38. The third kappa shape index (κ3) is 3.84. The van der Waals surface area contributed by atoms with Gasteiger partial charge >= 0.3 is 11.9 Å². The maximum atomic E-state index is 12.5. The quantitative estimate of drug-likeness (QED) is 0.477. The second kappa shape index (κ2) is 7.32. The predicted octanol–water partition coefficient (Wildman–Crippen LogP) is 1.64. The van der Waals surface area contributed by atoms with E-state index >= 15 is 0 Å². The molecule has 9 heteroatoms. The molecule has 0 radical (unpaired) electrons. The largest absolute Gasteiger partial charge is 0.473 e. The Morgan fingerprint density at radius 2 is 1.93 bits per heavy atom. The van der Waals surface area contributed by atoms with E-state index in [0.29, 0.717) is 10.9 Å². The van der Waals surface area contributed by atoms with Crippen LogP contribution in [0.25, 0.3) is 10.9 Å². The summed E-state index contributed by atoms with van der Waals surface area (Å²) in [6.07, 6.45) is 3.43. The Morgan fingerprint density at radius 1 is 1.26 bits per heavy atom.